The fourth-order valence-corrected chi connectivity index (χ4v) is 6.09. The Labute approximate surface area is 228 Å². The number of fused-ring (bicyclic) bond motifs is 2. The second-order valence-corrected chi connectivity index (χ2v) is 10.2. The lowest BCUT2D eigenvalue weighted by Crippen LogP contribution is -2.57. The third kappa shape index (κ3) is 3.89. The van der Waals surface area contributed by atoms with Crippen molar-refractivity contribution >= 4 is 29.2 Å². The monoisotopic (exact) mass is 543 g/mol. The van der Waals surface area contributed by atoms with E-state index in [9.17, 15) is 29.6 Å². The molecule has 0 radical (unpaired) electrons. The number of non-ortho nitro benzene ring substituents is 1. The molecule has 3 heterocycles. The number of nitro benzene ring substituents is 1. The minimum Gasteiger partial charge on any atom is -0.486 e. The van der Waals surface area contributed by atoms with Crippen molar-refractivity contribution in [2.45, 2.75) is 24.9 Å². The van der Waals surface area contributed by atoms with E-state index in [0.717, 1.165) is 4.90 Å². The average molecular weight is 544 g/mol. The van der Waals surface area contributed by atoms with Gasteiger partial charge in [-0.3, -0.25) is 29.8 Å². The number of rotatable bonds is 6. The minimum atomic E-state index is -1.87. The quantitative estimate of drug-likeness (QED) is 0.272. The van der Waals surface area contributed by atoms with Gasteiger partial charge in [0, 0.05) is 24.6 Å². The second-order valence-electron chi connectivity index (χ2n) is 10.2. The van der Waals surface area contributed by atoms with Gasteiger partial charge >= 0.3 is 5.97 Å². The predicted molar refractivity (Wildman–Crippen MR) is 141 cm³/mol. The molecule has 3 aromatic carbocycles. The first-order valence-electron chi connectivity index (χ1n) is 12.8. The first-order chi connectivity index (χ1) is 19.2. The molecule has 4 unspecified atom stereocenters. The van der Waals surface area contributed by atoms with Crippen LogP contribution in [0.5, 0.6) is 11.5 Å². The molecule has 0 aliphatic carbocycles. The van der Waals surface area contributed by atoms with Crippen LogP contribution < -0.4 is 19.7 Å². The zero-order valence-corrected chi connectivity index (χ0v) is 21.4. The molecule has 204 valence electrons. The van der Waals surface area contributed by atoms with Crippen LogP contribution in [0.1, 0.15) is 22.7 Å². The van der Waals surface area contributed by atoms with Gasteiger partial charge in [0.2, 0.25) is 11.8 Å². The van der Waals surface area contributed by atoms with E-state index in [0.29, 0.717) is 47.1 Å². The van der Waals surface area contributed by atoms with Crippen molar-refractivity contribution in [1.82, 2.24) is 5.32 Å². The van der Waals surface area contributed by atoms with Gasteiger partial charge in [-0.15, -0.1) is 0 Å². The number of carboxylic acid groups (broad SMARTS) is 1. The van der Waals surface area contributed by atoms with Crippen LogP contribution in [0.3, 0.4) is 0 Å². The largest absolute Gasteiger partial charge is 0.486 e. The summed E-state index contributed by atoms with van der Waals surface area (Å²) in [6.07, 6.45) is -0.177. The van der Waals surface area contributed by atoms with E-state index in [4.69, 9.17) is 9.47 Å². The first-order valence-corrected chi connectivity index (χ1v) is 12.8. The maximum absolute atomic E-state index is 14.1. The summed E-state index contributed by atoms with van der Waals surface area (Å²) in [6, 6.07) is 16.8. The summed E-state index contributed by atoms with van der Waals surface area (Å²) in [4.78, 5) is 53.0. The summed E-state index contributed by atoms with van der Waals surface area (Å²) in [5, 5.41) is 25.0. The third-order valence-corrected chi connectivity index (χ3v) is 7.95. The number of nitrogens with zero attached hydrogens (tertiary/aromatic N) is 2. The highest BCUT2D eigenvalue weighted by Crippen LogP contribution is 2.52. The van der Waals surface area contributed by atoms with Crippen molar-refractivity contribution in [3.63, 3.8) is 0 Å². The number of imide groups is 1. The molecule has 2 N–H and O–H groups in total. The topological polar surface area (TPSA) is 148 Å². The van der Waals surface area contributed by atoms with Crippen molar-refractivity contribution < 1.29 is 33.9 Å². The number of hydrogen-bond donors (Lipinski definition) is 2. The zero-order chi connectivity index (χ0) is 28.2. The predicted octanol–water partition coefficient (Wildman–Crippen LogP) is 3.19. The number of para-hydroxylation sites is 1. The fraction of sp³-hybridized carbons (Fsp3) is 0.276. The van der Waals surface area contributed by atoms with Crippen LogP contribution in [-0.4, -0.2) is 46.6 Å². The smallest absolute Gasteiger partial charge is 0.325 e. The van der Waals surface area contributed by atoms with Gasteiger partial charge in [-0.25, -0.2) is 4.90 Å². The van der Waals surface area contributed by atoms with E-state index in [1.807, 2.05) is 0 Å². The van der Waals surface area contributed by atoms with Crippen LogP contribution in [-0.2, 0) is 20.8 Å². The molecule has 0 aromatic heterocycles. The third-order valence-electron chi connectivity index (χ3n) is 7.95. The van der Waals surface area contributed by atoms with Gasteiger partial charge in [0.25, 0.3) is 5.69 Å². The Hall–Kier alpha value is -4.77. The van der Waals surface area contributed by atoms with E-state index >= 15 is 0 Å². The summed E-state index contributed by atoms with van der Waals surface area (Å²) < 4.78 is 11.4. The SMILES string of the molecule is Cc1ccccc1N1C(=O)C2C(c3ccc4c(c3)OCCO4)NC(Cc3ccc([N+](=O)[O-])cc3)(C(=O)O)C2C1=O. The summed E-state index contributed by atoms with van der Waals surface area (Å²) in [5.74, 6) is -3.67. The number of carboxylic acids is 1. The molecule has 4 atom stereocenters. The lowest BCUT2D eigenvalue weighted by molar-refractivity contribution is -0.384. The Balaban J connectivity index is 1.48. The molecule has 0 bridgehead atoms. The van der Waals surface area contributed by atoms with E-state index in [1.165, 1.54) is 24.3 Å². The summed E-state index contributed by atoms with van der Waals surface area (Å²) in [7, 11) is 0. The van der Waals surface area contributed by atoms with Gasteiger partial charge in [-0.2, -0.15) is 0 Å². The highest BCUT2D eigenvalue weighted by molar-refractivity contribution is 6.24. The number of amides is 2. The number of ether oxygens (including phenoxy) is 2. The molecule has 40 heavy (non-hydrogen) atoms. The summed E-state index contributed by atoms with van der Waals surface area (Å²) in [6.45, 7) is 2.52. The standard InChI is InChI=1S/C29H25N3O8/c1-16-4-2-3-5-20(16)31-26(33)23-24(27(31)34)29(28(35)36,15-17-6-9-19(10-7-17)32(37)38)30-25(23)18-8-11-21-22(14-18)40-13-12-39-21/h2-11,14,23-25,30H,12-13,15H2,1H3,(H,35,36). The minimum absolute atomic E-state index is 0.141. The fourth-order valence-electron chi connectivity index (χ4n) is 6.09. The van der Waals surface area contributed by atoms with Gasteiger partial charge in [-0.1, -0.05) is 36.4 Å². The van der Waals surface area contributed by atoms with Gasteiger partial charge in [-0.05, 0) is 41.8 Å². The van der Waals surface area contributed by atoms with Crippen LogP contribution in [0.2, 0.25) is 0 Å². The Morgan fingerprint density at radius 3 is 2.42 bits per heavy atom. The Morgan fingerprint density at radius 2 is 1.75 bits per heavy atom. The Bertz CT molecular complexity index is 1560. The molecule has 3 aliphatic rings. The number of aliphatic carboxylic acids is 1. The maximum Gasteiger partial charge on any atom is 0.325 e. The van der Waals surface area contributed by atoms with Gasteiger partial charge < -0.3 is 14.6 Å². The molecule has 2 fully saturated rings. The second kappa shape index (κ2) is 9.45. The number of carbonyl (C=O) groups excluding carboxylic acids is 2. The molecular weight excluding hydrogens is 518 g/mol. The van der Waals surface area contributed by atoms with Crippen LogP contribution in [0.15, 0.2) is 66.7 Å². The van der Waals surface area contributed by atoms with E-state index in [-0.39, 0.29) is 12.1 Å². The molecule has 3 aliphatic heterocycles. The van der Waals surface area contributed by atoms with Gasteiger partial charge in [0.15, 0.2) is 11.5 Å². The van der Waals surface area contributed by atoms with Crippen LogP contribution in [0.4, 0.5) is 11.4 Å². The van der Waals surface area contributed by atoms with Crippen molar-refractivity contribution in [3.8, 4) is 11.5 Å². The van der Waals surface area contributed by atoms with Crippen molar-refractivity contribution in [1.29, 1.82) is 0 Å². The summed E-state index contributed by atoms with van der Waals surface area (Å²) in [5.41, 5.74) is 0.141. The first kappa shape index (κ1) is 25.5. The molecule has 0 saturated carbocycles. The van der Waals surface area contributed by atoms with E-state index < -0.39 is 46.1 Å². The number of benzene rings is 3. The number of anilines is 1. The molecule has 2 saturated heterocycles. The maximum atomic E-state index is 14.1. The van der Waals surface area contributed by atoms with Crippen LogP contribution in [0.25, 0.3) is 0 Å². The van der Waals surface area contributed by atoms with Crippen LogP contribution in [0, 0.1) is 28.9 Å². The highest BCUT2D eigenvalue weighted by atomic mass is 16.6. The molecule has 0 spiro atoms. The average Bonchev–Trinajstić information content (AvgIpc) is 3.43. The molecule has 11 heteroatoms. The molecule has 11 nitrogen and oxygen atoms in total. The highest BCUT2D eigenvalue weighted by Gasteiger charge is 2.68. The molecule has 6 rings (SSSR count). The Kier molecular flexibility index (Phi) is 6.03. The van der Waals surface area contributed by atoms with Gasteiger partial charge in [0.1, 0.15) is 18.8 Å². The number of aryl methyl sites for hydroxylation is 1. The molecular formula is C29H25N3O8. The lowest BCUT2D eigenvalue weighted by atomic mass is 9.76. The van der Waals surface area contributed by atoms with Crippen molar-refractivity contribution in [3.05, 3.63) is 93.5 Å². The number of carbonyl (C=O) groups is 3. The molecule has 2 amide bonds. The number of hydrogen-bond acceptors (Lipinski definition) is 8. The zero-order valence-electron chi connectivity index (χ0n) is 21.4. The van der Waals surface area contributed by atoms with E-state index in [1.54, 1.807) is 49.4 Å². The summed E-state index contributed by atoms with van der Waals surface area (Å²) >= 11 is 0. The van der Waals surface area contributed by atoms with E-state index in [2.05, 4.69) is 5.32 Å². The van der Waals surface area contributed by atoms with Crippen LogP contribution >= 0.6 is 0 Å². The Morgan fingerprint density at radius 1 is 1.05 bits per heavy atom. The lowest BCUT2D eigenvalue weighted by Gasteiger charge is -2.31. The number of nitro groups is 1. The van der Waals surface area contributed by atoms with Crippen molar-refractivity contribution in [2.24, 2.45) is 11.8 Å². The molecule has 3 aromatic rings. The normalized spacial score (nSPS) is 25.1. The van der Waals surface area contributed by atoms with Crippen molar-refractivity contribution in [2.75, 3.05) is 18.1 Å². The number of nitrogens with one attached hydrogen (secondary N) is 1. The van der Waals surface area contributed by atoms with Gasteiger partial charge in [0.05, 0.1) is 22.4 Å².